The lowest BCUT2D eigenvalue weighted by molar-refractivity contribution is -0.159. The lowest BCUT2D eigenvalue weighted by Gasteiger charge is -2.34. The molecule has 2 rings (SSSR count). The number of amides is 5. The zero-order valence-corrected chi connectivity index (χ0v) is 39.2. The summed E-state index contributed by atoms with van der Waals surface area (Å²) in [4.78, 5) is 103. The van der Waals surface area contributed by atoms with Crippen molar-refractivity contribution >= 4 is 47.2 Å². The molecule has 0 radical (unpaired) electrons. The lowest BCUT2D eigenvalue weighted by atomic mass is 9.84. The molecule has 0 saturated carbocycles. The molecule has 1 aromatic carbocycles. The molecule has 0 bridgehead atoms. The Labute approximate surface area is 368 Å². The predicted octanol–water partition coefficient (Wildman–Crippen LogP) is 5.45. The van der Waals surface area contributed by atoms with Gasteiger partial charge in [0.15, 0.2) is 11.8 Å². The number of allylic oxidation sites excluding steroid dienone is 2. The number of carbonyl (C=O) groups is 7. The summed E-state index contributed by atoms with van der Waals surface area (Å²) in [5.74, 6) is -5.37. The number of hydrogen-bond acceptors (Lipinski definition) is 9. The van der Waals surface area contributed by atoms with Gasteiger partial charge in [-0.1, -0.05) is 84.4 Å². The van der Waals surface area contributed by atoms with Gasteiger partial charge >= 0.3 is 11.9 Å². The van der Waals surface area contributed by atoms with Crippen LogP contribution in [0.15, 0.2) is 47.6 Å². The third-order valence-electron chi connectivity index (χ3n) is 11.7. The Kier molecular flexibility index (Phi) is 20.1. The maximum Gasteiger partial charge on any atom is 0.334 e. The first-order chi connectivity index (χ1) is 28.9. The minimum Gasteiger partial charge on any atom is -0.456 e. The van der Waals surface area contributed by atoms with Crippen LogP contribution in [0.4, 0.5) is 5.69 Å². The number of nitrogens with one attached hydrogen (secondary N) is 3. The third kappa shape index (κ3) is 14.8. The number of nitrogens with zero attached hydrogens (tertiary/aromatic N) is 3. The number of likely N-dealkylation sites (N-methyl/N-ethyl adjacent to an activating group) is 2. The fraction of sp³-hybridized carbons (Fsp3) is 0.617. The molecule has 1 aromatic rings. The molecule has 1 unspecified atom stereocenters. The van der Waals surface area contributed by atoms with Crippen LogP contribution < -0.4 is 16.0 Å². The van der Waals surface area contributed by atoms with E-state index in [2.05, 4.69) is 20.8 Å². The highest BCUT2D eigenvalue weighted by atomic mass is 16.6. The Morgan fingerprint density at radius 1 is 0.952 bits per heavy atom. The first-order valence-electron chi connectivity index (χ1n) is 21.5. The second kappa shape index (κ2) is 23.6. The molecule has 342 valence electrons. The van der Waals surface area contributed by atoms with Gasteiger partial charge in [-0.15, -0.1) is 0 Å². The van der Waals surface area contributed by atoms with Crippen molar-refractivity contribution in [2.75, 3.05) is 20.6 Å². The zero-order valence-electron chi connectivity index (χ0n) is 39.2. The van der Waals surface area contributed by atoms with Gasteiger partial charge in [0.2, 0.25) is 23.6 Å². The van der Waals surface area contributed by atoms with Gasteiger partial charge in [0, 0.05) is 26.1 Å². The van der Waals surface area contributed by atoms with Crippen molar-refractivity contribution in [2.24, 2.45) is 23.7 Å². The summed E-state index contributed by atoms with van der Waals surface area (Å²) in [6, 6.07) is 3.11. The van der Waals surface area contributed by atoms with Crippen LogP contribution >= 0.6 is 0 Å². The molecule has 62 heavy (non-hydrogen) atoms. The van der Waals surface area contributed by atoms with Crippen molar-refractivity contribution in [3.8, 4) is 0 Å². The van der Waals surface area contributed by atoms with Crippen molar-refractivity contribution < 1.29 is 43.0 Å². The van der Waals surface area contributed by atoms with Gasteiger partial charge in [-0.2, -0.15) is 0 Å². The Bertz CT molecular complexity index is 1880. The quantitative estimate of drug-likeness (QED) is 0.182. The van der Waals surface area contributed by atoms with Crippen LogP contribution in [0.5, 0.6) is 0 Å². The number of ether oxygens (including phenoxy) is 2. The number of cyclic esters (lactones) is 2. The average Bonchev–Trinajstić information content (AvgIpc) is 3.22. The first kappa shape index (κ1) is 52.6. The van der Waals surface area contributed by atoms with Crippen LogP contribution in [-0.4, -0.2) is 108 Å². The second-order valence-corrected chi connectivity index (χ2v) is 17.8. The maximum absolute atomic E-state index is 14.3. The monoisotopic (exact) mass is 863 g/mol. The fourth-order valence-electron chi connectivity index (χ4n) is 6.91. The van der Waals surface area contributed by atoms with Gasteiger partial charge in [0.1, 0.15) is 29.8 Å². The van der Waals surface area contributed by atoms with E-state index in [4.69, 9.17) is 16.0 Å². The van der Waals surface area contributed by atoms with Crippen molar-refractivity contribution in [1.29, 1.82) is 0 Å². The van der Waals surface area contributed by atoms with Crippen LogP contribution in [0.2, 0.25) is 0 Å². The van der Waals surface area contributed by atoms with Crippen LogP contribution in [0.1, 0.15) is 108 Å². The van der Waals surface area contributed by atoms with E-state index < -0.39 is 83.9 Å². The molecule has 1 heterocycles. The predicted molar refractivity (Wildman–Crippen MR) is 237 cm³/mol. The smallest absolute Gasteiger partial charge is 0.334 e. The Morgan fingerprint density at radius 2 is 1.56 bits per heavy atom. The minimum atomic E-state index is -1.52. The fourth-order valence-corrected chi connectivity index (χ4v) is 6.91. The van der Waals surface area contributed by atoms with Crippen LogP contribution in [0.25, 0.3) is 4.85 Å². The molecule has 0 saturated heterocycles. The Hall–Kier alpha value is -5.52. The minimum absolute atomic E-state index is 0.0000831. The van der Waals surface area contributed by atoms with E-state index in [-0.39, 0.29) is 42.1 Å². The summed E-state index contributed by atoms with van der Waals surface area (Å²) in [6.45, 7) is 27.9. The average molecular weight is 863 g/mol. The first-order valence-corrected chi connectivity index (χ1v) is 21.5. The number of esters is 2. The van der Waals surface area contributed by atoms with Gasteiger partial charge in [-0.05, 0) is 89.2 Å². The highest BCUT2D eigenvalue weighted by Crippen LogP contribution is 2.28. The van der Waals surface area contributed by atoms with Crippen molar-refractivity contribution in [3.63, 3.8) is 0 Å². The van der Waals surface area contributed by atoms with E-state index >= 15 is 0 Å². The van der Waals surface area contributed by atoms with Gasteiger partial charge in [0.25, 0.3) is 5.91 Å². The number of benzene rings is 1. The molecule has 0 aliphatic carbocycles. The van der Waals surface area contributed by atoms with Crippen molar-refractivity contribution in [3.05, 3.63) is 64.5 Å². The summed E-state index contributed by atoms with van der Waals surface area (Å²) in [7, 11) is 2.82. The molecular weight excluding hydrogens is 793 g/mol. The van der Waals surface area contributed by atoms with Gasteiger partial charge in [-0.3, -0.25) is 24.0 Å². The third-order valence-corrected chi connectivity index (χ3v) is 11.7. The summed E-state index contributed by atoms with van der Waals surface area (Å²) in [6.07, 6.45) is 2.74. The van der Waals surface area contributed by atoms with E-state index in [0.717, 1.165) is 10.5 Å². The largest absolute Gasteiger partial charge is 0.456 e. The summed E-state index contributed by atoms with van der Waals surface area (Å²) in [5.41, 5.74) is 0.553. The highest BCUT2D eigenvalue weighted by molar-refractivity contribution is 5.96. The SMILES string of the molecule is [C-]#[N+]c1ccc(C[C@@H]2C(=O)N(C)CC(=O)N[C@@H](C(C)CC)C(=O)NC(C)(C)C(=O)O[C@H](/C(C)=C/C)[C@@H](C)[C@@H](C)C/C=C(\C)C(=O)O[C@H](CC(C)C)C(=O)N[C@@H](C)C(=O)N2C)cc1. The topological polar surface area (TPSA) is 185 Å². The standard InChI is InChI=1S/C47H70N6O9/c1-16-28(5)39-42(56)51-47(11,12)46(60)62-40(29(6)17-2)32(9)30(7)18-19-31(8)45(59)61-37(24-27(3)4)41(55)49-33(10)43(57)53(15)36(44(58)52(14)26-38(54)50-39)25-34-20-22-35(48-13)23-21-34/h17,19-23,27-28,30,32-33,36-37,39-40H,16,18,24-26H2,1-12,14-15H3,(H,49,55)(H,50,54)(H,51,56)/b29-17+,31-19+/t28?,30-,32-,33-,36+,37+,39-,40+/m0/s1. The van der Waals surface area contributed by atoms with E-state index in [0.29, 0.717) is 24.1 Å². The molecule has 15 heteroatoms. The molecule has 1 aliphatic heterocycles. The van der Waals surface area contributed by atoms with Crippen LogP contribution in [-0.2, 0) is 49.5 Å². The van der Waals surface area contributed by atoms with E-state index in [9.17, 15) is 33.6 Å². The lowest BCUT2D eigenvalue weighted by Crippen LogP contribution is -2.60. The van der Waals surface area contributed by atoms with E-state index in [1.165, 1.54) is 39.8 Å². The second-order valence-electron chi connectivity index (χ2n) is 17.8. The van der Waals surface area contributed by atoms with Crippen molar-refractivity contribution in [1.82, 2.24) is 25.8 Å². The van der Waals surface area contributed by atoms with Crippen molar-refractivity contribution in [2.45, 2.75) is 145 Å². The maximum atomic E-state index is 14.3. The molecule has 0 fully saturated rings. The molecular formula is C47H70N6O9. The molecule has 5 amide bonds. The zero-order chi connectivity index (χ0) is 47.2. The molecule has 0 aromatic heterocycles. The number of carbonyl (C=O) groups excluding carboxylic acids is 7. The van der Waals surface area contributed by atoms with Crippen LogP contribution in [0.3, 0.4) is 0 Å². The number of rotatable bonds is 7. The Morgan fingerprint density at radius 3 is 2.11 bits per heavy atom. The summed E-state index contributed by atoms with van der Waals surface area (Å²) < 4.78 is 11.9. The van der Waals surface area contributed by atoms with Gasteiger partial charge in [-0.25, -0.2) is 14.4 Å². The van der Waals surface area contributed by atoms with E-state index in [1.54, 1.807) is 44.2 Å². The summed E-state index contributed by atoms with van der Waals surface area (Å²) in [5, 5.41) is 8.22. The van der Waals surface area contributed by atoms with Gasteiger partial charge < -0.3 is 35.2 Å². The molecule has 1 aliphatic rings. The van der Waals surface area contributed by atoms with Crippen LogP contribution in [0, 0.1) is 30.2 Å². The summed E-state index contributed by atoms with van der Waals surface area (Å²) >= 11 is 0. The molecule has 3 N–H and O–H groups in total. The molecule has 8 atom stereocenters. The van der Waals surface area contributed by atoms with Gasteiger partial charge in [0.05, 0.1) is 13.1 Å². The normalized spacial score (nSPS) is 27.5. The number of hydrogen-bond donors (Lipinski definition) is 3. The molecule has 0 spiro atoms. The highest BCUT2D eigenvalue weighted by Gasteiger charge is 2.40. The van der Waals surface area contributed by atoms with E-state index in [1.807, 2.05) is 54.5 Å². The Balaban J connectivity index is 2.68. The molecule has 15 nitrogen and oxygen atoms in total.